The van der Waals surface area contributed by atoms with Crippen molar-refractivity contribution in [3.63, 3.8) is 0 Å². The van der Waals surface area contributed by atoms with E-state index in [1.54, 1.807) is 4.68 Å². The zero-order valence-corrected chi connectivity index (χ0v) is 9.14. The van der Waals surface area contributed by atoms with Gasteiger partial charge in [0.15, 0.2) is 0 Å². The number of aryl methyl sites for hydroxylation is 1. The van der Waals surface area contributed by atoms with E-state index in [4.69, 9.17) is 5.11 Å². The van der Waals surface area contributed by atoms with Crippen LogP contribution in [0.3, 0.4) is 0 Å². The molecule has 0 saturated heterocycles. The van der Waals surface area contributed by atoms with Crippen molar-refractivity contribution in [2.24, 2.45) is 0 Å². The molecule has 1 aromatic carbocycles. The average molecular weight is 216 g/mol. The number of aromatic carboxylic acids is 1. The highest BCUT2D eigenvalue weighted by atomic mass is 16.4. The first kappa shape index (κ1) is 10.4. The lowest BCUT2D eigenvalue weighted by molar-refractivity contribution is 0.0697. The number of nitrogens with zero attached hydrogens (tertiary/aromatic N) is 2. The van der Waals surface area contributed by atoms with E-state index in [1.165, 1.54) is 12.4 Å². The fourth-order valence-electron chi connectivity index (χ4n) is 1.55. The summed E-state index contributed by atoms with van der Waals surface area (Å²) in [5.41, 5.74) is 3.36. The number of carbonyl (C=O) groups is 1. The summed E-state index contributed by atoms with van der Waals surface area (Å²) in [5, 5.41) is 12.9. The number of carboxylic acid groups (broad SMARTS) is 1. The van der Waals surface area contributed by atoms with Crippen LogP contribution in [0, 0.1) is 13.8 Å². The van der Waals surface area contributed by atoms with Crippen molar-refractivity contribution in [1.29, 1.82) is 0 Å². The second-order valence-corrected chi connectivity index (χ2v) is 3.70. The van der Waals surface area contributed by atoms with Crippen molar-refractivity contribution in [3.8, 4) is 5.69 Å². The highest BCUT2D eigenvalue weighted by Gasteiger charge is 2.09. The van der Waals surface area contributed by atoms with Gasteiger partial charge in [-0.1, -0.05) is 12.1 Å². The van der Waals surface area contributed by atoms with Gasteiger partial charge in [-0.3, -0.25) is 0 Å². The highest BCUT2D eigenvalue weighted by molar-refractivity contribution is 5.87. The summed E-state index contributed by atoms with van der Waals surface area (Å²) >= 11 is 0. The Morgan fingerprint density at radius 3 is 2.75 bits per heavy atom. The van der Waals surface area contributed by atoms with Gasteiger partial charge in [0.2, 0.25) is 0 Å². The van der Waals surface area contributed by atoms with Gasteiger partial charge in [0, 0.05) is 6.20 Å². The van der Waals surface area contributed by atoms with Gasteiger partial charge in [-0.2, -0.15) is 5.10 Å². The summed E-state index contributed by atoms with van der Waals surface area (Å²) in [5.74, 6) is -0.962. The van der Waals surface area contributed by atoms with Crippen molar-refractivity contribution in [3.05, 3.63) is 47.3 Å². The quantitative estimate of drug-likeness (QED) is 0.837. The van der Waals surface area contributed by atoms with Gasteiger partial charge in [-0.25, -0.2) is 9.48 Å². The summed E-state index contributed by atoms with van der Waals surface area (Å²) in [6, 6.07) is 5.86. The SMILES string of the molecule is Cc1cccc(-n2cc(C(=O)O)cn2)c1C. The maximum atomic E-state index is 10.7. The van der Waals surface area contributed by atoms with Crippen molar-refractivity contribution < 1.29 is 9.90 Å². The summed E-state index contributed by atoms with van der Waals surface area (Å²) in [6.45, 7) is 4.01. The van der Waals surface area contributed by atoms with E-state index in [2.05, 4.69) is 5.10 Å². The molecule has 0 saturated carbocycles. The van der Waals surface area contributed by atoms with Crippen LogP contribution in [0.4, 0.5) is 0 Å². The topological polar surface area (TPSA) is 55.1 Å². The van der Waals surface area contributed by atoms with E-state index in [1.807, 2.05) is 32.0 Å². The van der Waals surface area contributed by atoms with Crippen LogP contribution in [0.25, 0.3) is 5.69 Å². The van der Waals surface area contributed by atoms with E-state index in [-0.39, 0.29) is 5.56 Å². The molecule has 1 aromatic heterocycles. The molecule has 2 aromatic rings. The van der Waals surface area contributed by atoms with Gasteiger partial charge in [0.25, 0.3) is 0 Å². The Kier molecular flexibility index (Phi) is 2.48. The standard InChI is InChI=1S/C12H12N2O2/c1-8-4-3-5-11(9(8)2)14-7-10(6-13-14)12(15)16/h3-7H,1-2H3,(H,15,16). The van der Waals surface area contributed by atoms with Crippen LogP contribution in [-0.4, -0.2) is 20.9 Å². The molecule has 1 heterocycles. The van der Waals surface area contributed by atoms with Gasteiger partial charge in [0.1, 0.15) is 0 Å². The maximum Gasteiger partial charge on any atom is 0.338 e. The Hall–Kier alpha value is -2.10. The number of hydrogen-bond acceptors (Lipinski definition) is 2. The first-order valence-electron chi connectivity index (χ1n) is 4.94. The molecular formula is C12H12N2O2. The van der Waals surface area contributed by atoms with Crippen LogP contribution >= 0.6 is 0 Å². The number of carboxylic acids is 1. The molecule has 0 aliphatic heterocycles. The van der Waals surface area contributed by atoms with Crippen LogP contribution in [-0.2, 0) is 0 Å². The molecule has 1 N–H and O–H groups in total. The molecule has 0 radical (unpaired) electrons. The molecule has 0 aliphatic rings. The Balaban J connectivity index is 2.50. The zero-order valence-electron chi connectivity index (χ0n) is 9.14. The largest absolute Gasteiger partial charge is 0.478 e. The van der Waals surface area contributed by atoms with Gasteiger partial charge >= 0.3 is 5.97 Å². The lowest BCUT2D eigenvalue weighted by Gasteiger charge is -2.07. The molecule has 16 heavy (non-hydrogen) atoms. The Labute approximate surface area is 93.1 Å². The van der Waals surface area contributed by atoms with Crippen LogP contribution in [0.1, 0.15) is 21.5 Å². The minimum Gasteiger partial charge on any atom is -0.478 e. The normalized spacial score (nSPS) is 10.4. The van der Waals surface area contributed by atoms with Gasteiger partial charge < -0.3 is 5.11 Å². The molecular weight excluding hydrogens is 204 g/mol. The molecule has 0 fully saturated rings. The second-order valence-electron chi connectivity index (χ2n) is 3.70. The lowest BCUT2D eigenvalue weighted by atomic mass is 10.1. The van der Waals surface area contributed by atoms with Crippen molar-refractivity contribution in [2.75, 3.05) is 0 Å². The molecule has 0 aliphatic carbocycles. The van der Waals surface area contributed by atoms with E-state index in [0.717, 1.165) is 16.8 Å². The Morgan fingerprint density at radius 1 is 1.38 bits per heavy atom. The number of aromatic nitrogens is 2. The maximum absolute atomic E-state index is 10.7. The third-order valence-electron chi connectivity index (χ3n) is 2.65. The predicted octanol–water partition coefficient (Wildman–Crippen LogP) is 2.19. The Morgan fingerprint density at radius 2 is 2.12 bits per heavy atom. The molecule has 0 bridgehead atoms. The molecule has 4 heteroatoms. The number of hydrogen-bond donors (Lipinski definition) is 1. The van der Waals surface area contributed by atoms with Crippen LogP contribution in [0.5, 0.6) is 0 Å². The minimum absolute atomic E-state index is 0.195. The van der Waals surface area contributed by atoms with Crippen molar-refractivity contribution >= 4 is 5.97 Å². The predicted molar refractivity (Wildman–Crippen MR) is 60.0 cm³/mol. The fourth-order valence-corrected chi connectivity index (χ4v) is 1.55. The number of rotatable bonds is 2. The first-order valence-corrected chi connectivity index (χ1v) is 4.94. The minimum atomic E-state index is -0.962. The molecule has 0 atom stereocenters. The lowest BCUT2D eigenvalue weighted by Crippen LogP contribution is -1.99. The van der Waals surface area contributed by atoms with E-state index in [0.29, 0.717) is 0 Å². The van der Waals surface area contributed by atoms with Crippen LogP contribution in [0.15, 0.2) is 30.6 Å². The van der Waals surface area contributed by atoms with E-state index < -0.39 is 5.97 Å². The van der Waals surface area contributed by atoms with E-state index in [9.17, 15) is 4.79 Å². The zero-order chi connectivity index (χ0) is 11.7. The smallest absolute Gasteiger partial charge is 0.338 e. The third kappa shape index (κ3) is 1.69. The van der Waals surface area contributed by atoms with Crippen molar-refractivity contribution in [1.82, 2.24) is 9.78 Å². The Bertz CT molecular complexity index is 544. The van der Waals surface area contributed by atoms with E-state index >= 15 is 0 Å². The molecule has 82 valence electrons. The van der Waals surface area contributed by atoms with Crippen molar-refractivity contribution in [2.45, 2.75) is 13.8 Å². The molecule has 2 rings (SSSR count). The van der Waals surface area contributed by atoms with Gasteiger partial charge in [-0.15, -0.1) is 0 Å². The third-order valence-corrected chi connectivity index (χ3v) is 2.65. The molecule has 0 spiro atoms. The average Bonchev–Trinajstić information content (AvgIpc) is 2.71. The summed E-state index contributed by atoms with van der Waals surface area (Å²) in [4.78, 5) is 10.7. The molecule has 0 unspecified atom stereocenters. The van der Waals surface area contributed by atoms with Gasteiger partial charge in [-0.05, 0) is 31.0 Å². The summed E-state index contributed by atoms with van der Waals surface area (Å²) in [7, 11) is 0. The second kappa shape index (κ2) is 3.81. The summed E-state index contributed by atoms with van der Waals surface area (Å²) in [6.07, 6.45) is 2.87. The molecule has 4 nitrogen and oxygen atoms in total. The first-order chi connectivity index (χ1) is 7.59. The van der Waals surface area contributed by atoms with Crippen LogP contribution in [0.2, 0.25) is 0 Å². The highest BCUT2D eigenvalue weighted by Crippen LogP contribution is 2.17. The van der Waals surface area contributed by atoms with Crippen LogP contribution < -0.4 is 0 Å². The molecule has 0 amide bonds. The van der Waals surface area contributed by atoms with Gasteiger partial charge in [0.05, 0.1) is 17.4 Å². The summed E-state index contributed by atoms with van der Waals surface area (Å²) < 4.78 is 1.59. The fraction of sp³-hybridized carbons (Fsp3) is 0.167. The monoisotopic (exact) mass is 216 g/mol. The number of benzene rings is 1.